The van der Waals surface area contributed by atoms with Crippen molar-refractivity contribution in [3.8, 4) is 17.0 Å². The molecular weight excluding hydrogens is 306 g/mol. The largest absolute Gasteiger partial charge is 0.497 e. The number of ether oxygens (including phenoxy) is 1. The van der Waals surface area contributed by atoms with Crippen LogP contribution in [0.3, 0.4) is 0 Å². The van der Waals surface area contributed by atoms with Gasteiger partial charge in [0.05, 0.1) is 25.2 Å². The molecule has 2 aromatic carbocycles. The molecule has 4 nitrogen and oxygen atoms in total. The zero-order valence-corrected chi connectivity index (χ0v) is 13.8. The summed E-state index contributed by atoms with van der Waals surface area (Å²) in [6.45, 7) is 0. The van der Waals surface area contributed by atoms with E-state index < -0.39 is 0 Å². The Morgan fingerprint density at radius 2 is 1.83 bits per heavy atom. The van der Waals surface area contributed by atoms with Crippen LogP contribution in [0.4, 0.5) is 0 Å². The van der Waals surface area contributed by atoms with Crippen LogP contribution in [-0.2, 0) is 0 Å². The van der Waals surface area contributed by atoms with E-state index in [1.807, 2.05) is 73.3 Å². The summed E-state index contributed by atoms with van der Waals surface area (Å²) in [5, 5.41) is 5.37. The van der Waals surface area contributed by atoms with Crippen LogP contribution in [-0.4, -0.2) is 29.2 Å². The average molecular weight is 323 g/mol. The third-order valence-corrected chi connectivity index (χ3v) is 4.00. The van der Waals surface area contributed by atoms with Crippen LogP contribution in [0.15, 0.2) is 71.1 Å². The van der Waals surface area contributed by atoms with E-state index >= 15 is 0 Å². The topological polar surface area (TPSA) is 39.4 Å². The predicted octanol–water partition coefficient (Wildman–Crippen LogP) is 4.16. The van der Waals surface area contributed by atoms with E-state index in [1.54, 1.807) is 23.5 Å². The maximum Gasteiger partial charge on any atom is 0.189 e. The molecule has 5 heteroatoms. The van der Waals surface area contributed by atoms with Gasteiger partial charge in [0.15, 0.2) is 5.16 Å². The number of hydrogen-bond acceptors (Lipinski definition) is 4. The Morgan fingerprint density at radius 3 is 2.48 bits per heavy atom. The average Bonchev–Trinajstić information content (AvgIpc) is 3.04. The molecule has 0 aliphatic heterocycles. The molecule has 0 atom stereocenters. The van der Waals surface area contributed by atoms with Crippen molar-refractivity contribution >= 4 is 18.0 Å². The summed E-state index contributed by atoms with van der Waals surface area (Å²) in [4.78, 5) is 4.63. The van der Waals surface area contributed by atoms with Gasteiger partial charge in [-0.1, -0.05) is 42.1 Å². The Hall–Kier alpha value is -2.53. The van der Waals surface area contributed by atoms with Gasteiger partial charge in [-0.25, -0.2) is 9.66 Å². The standard InChI is InChI=1S/C18H17N3OS/c1-22-16-10-8-14(9-11-16)12-19-21-13-17(20-18(21)23-2)15-6-4-3-5-7-15/h3-13H,1-2H3/b19-12+. The lowest BCUT2D eigenvalue weighted by Gasteiger charge is -1.99. The van der Waals surface area contributed by atoms with Crippen LogP contribution < -0.4 is 4.74 Å². The first kappa shape index (κ1) is 15.4. The Kier molecular flexibility index (Phi) is 4.78. The van der Waals surface area contributed by atoms with Crippen molar-refractivity contribution in [3.05, 3.63) is 66.4 Å². The van der Waals surface area contributed by atoms with Crippen LogP contribution >= 0.6 is 11.8 Å². The molecule has 23 heavy (non-hydrogen) atoms. The summed E-state index contributed by atoms with van der Waals surface area (Å²) in [5.74, 6) is 0.834. The molecule has 0 saturated heterocycles. The van der Waals surface area contributed by atoms with E-state index in [4.69, 9.17) is 4.74 Å². The number of methoxy groups -OCH3 is 1. The van der Waals surface area contributed by atoms with Crippen LogP contribution in [0, 0.1) is 0 Å². The quantitative estimate of drug-likeness (QED) is 0.523. The molecule has 0 aliphatic rings. The van der Waals surface area contributed by atoms with Crippen LogP contribution in [0.2, 0.25) is 0 Å². The number of benzene rings is 2. The lowest BCUT2D eigenvalue weighted by Crippen LogP contribution is -1.91. The van der Waals surface area contributed by atoms with E-state index in [-0.39, 0.29) is 0 Å². The lowest BCUT2D eigenvalue weighted by atomic mass is 10.2. The second-order valence-electron chi connectivity index (χ2n) is 4.84. The highest BCUT2D eigenvalue weighted by Gasteiger charge is 2.07. The van der Waals surface area contributed by atoms with Crippen molar-refractivity contribution in [1.29, 1.82) is 0 Å². The SMILES string of the molecule is COc1ccc(/C=N/n2cc(-c3ccccc3)nc2SC)cc1. The summed E-state index contributed by atoms with van der Waals surface area (Å²) in [6.07, 6.45) is 5.76. The van der Waals surface area contributed by atoms with Gasteiger partial charge in [-0.3, -0.25) is 0 Å². The molecule has 1 aromatic heterocycles. The van der Waals surface area contributed by atoms with E-state index in [0.29, 0.717) is 0 Å². The minimum atomic E-state index is 0.834. The number of imidazole rings is 1. The molecule has 1 heterocycles. The second-order valence-corrected chi connectivity index (χ2v) is 5.61. The molecule has 0 spiro atoms. The summed E-state index contributed by atoms with van der Waals surface area (Å²) in [7, 11) is 1.66. The Bertz CT molecular complexity index is 795. The first-order valence-electron chi connectivity index (χ1n) is 7.17. The first-order chi connectivity index (χ1) is 11.3. The van der Waals surface area contributed by atoms with Crippen molar-refractivity contribution in [3.63, 3.8) is 0 Å². The van der Waals surface area contributed by atoms with E-state index in [9.17, 15) is 0 Å². The summed E-state index contributed by atoms with van der Waals surface area (Å²) in [5.41, 5.74) is 3.01. The van der Waals surface area contributed by atoms with Gasteiger partial charge in [0.1, 0.15) is 5.75 Å². The molecule has 0 radical (unpaired) electrons. The van der Waals surface area contributed by atoms with Crippen molar-refractivity contribution in [2.45, 2.75) is 5.16 Å². The van der Waals surface area contributed by atoms with E-state index in [2.05, 4.69) is 10.1 Å². The number of nitrogens with zero attached hydrogens (tertiary/aromatic N) is 3. The first-order valence-corrected chi connectivity index (χ1v) is 8.40. The Balaban J connectivity index is 1.87. The fourth-order valence-electron chi connectivity index (χ4n) is 2.14. The highest BCUT2D eigenvalue weighted by molar-refractivity contribution is 7.98. The highest BCUT2D eigenvalue weighted by Crippen LogP contribution is 2.22. The van der Waals surface area contributed by atoms with Gasteiger partial charge < -0.3 is 4.74 Å². The molecule has 0 amide bonds. The van der Waals surface area contributed by atoms with Gasteiger partial charge in [-0.15, -0.1) is 0 Å². The molecule has 0 saturated carbocycles. The second kappa shape index (κ2) is 7.15. The smallest absolute Gasteiger partial charge is 0.189 e. The molecule has 0 fully saturated rings. The number of hydrogen-bond donors (Lipinski definition) is 0. The van der Waals surface area contributed by atoms with Gasteiger partial charge in [-0.05, 0) is 36.1 Å². The van der Waals surface area contributed by atoms with Gasteiger partial charge in [0.2, 0.25) is 0 Å². The zero-order valence-electron chi connectivity index (χ0n) is 13.0. The number of aromatic nitrogens is 2. The molecule has 0 bridgehead atoms. The minimum absolute atomic E-state index is 0.834. The van der Waals surface area contributed by atoms with Gasteiger partial charge in [0, 0.05) is 5.56 Å². The van der Waals surface area contributed by atoms with Crippen LogP contribution in [0.5, 0.6) is 5.75 Å². The maximum absolute atomic E-state index is 5.16. The van der Waals surface area contributed by atoms with Crippen molar-refractivity contribution in [1.82, 2.24) is 9.66 Å². The fourth-order valence-corrected chi connectivity index (χ4v) is 2.62. The lowest BCUT2D eigenvalue weighted by molar-refractivity contribution is 0.415. The third kappa shape index (κ3) is 3.63. The zero-order chi connectivity index (χ0) is 16.1. The maximum atomic E-state index is 5.16. The van der Waals surface area contributed by atoms with E-state index in [0.717, 1.165) is 27.7 Å². The minimum Gasteiger partial charge on any atom is -0.497 e. The monoisotopic (exact) mass is 323 g/mol. The van der Waals surface area contributed by atoms with Crippen molar-refractivity contribution < 1.29 is 4.74 Å². The predicted molar refractivity (Wildman–Crippen MR) is 95.4 cm³/mol. The summed E-state index contributed by atoms with van der Waals surface area (Å²) in [6, 6.07) is 17.9. The molecule has 3 aromatic rings. The van der Waals surface area contributed by atoms with Gasteiger partial charge in [-0.2, -0.15) is 5.10 Å². The van der Waals surface area contributed by atoms with Gasteiger partial charge >= 0.3 is 0 Å². The highest BCUT2D eigenvalue weighted by atomic mass is 32.2. The summed E-state index contributed by atoms with van der Waals surface area (Å²) >= 11 is 1.57. The molecule has 3 rings (SSSR count). The van der Waals surface area contributed by atoms with Crippen molar-refractivity contribution in [2.75, 3.05) is 13.4 Å². The number of thioether (sulfide) groups is 1. The van der Waals surface area contributed by atoms with E-state index in [1.165, 1.54) is 0 Å². The van der Waals surface area contributed by atoms with Crippen LogP contribution in [0.1, 0.15) is 5.56 Å². The fraction of sp³-hybridized carbons (Fsp3) is 0.111. The number of rotatable bonds is 5. The molecular formula is C18H17N3OS. The molecule has 0 N–H and O–H groups in total. The van der Waals surface area contributed by atoms with Gasteiger partial charge in [0.25, 0.3) is 0 Å². The van der Waals surface area contributed by atoms with Crippen LogP contribution in [0.25, 0.3) is 11.3 Å². The van der Waals surface area contributed by atoms with Crippen molar-refractivity contribution in [2.24, 2.45) is 5.10 Å². The normalized spacial score (nSPS) is 11.0. The Labute approximate surface area is 139 Å². The third-order valence-electron chi connectivity index (χ3n) is 3.36. The Morgan fingerprint density at radius 1 is 1.09 bits per heavy atom. The molecule has 0 aliphatic carbocycles. The molecule has 0 unspecified atom stereocenters. The summed E-state index contributed by atoms with van der Waals surface area (Å²) < 4.78 is 6.96. The molecule has 116 valence electrons.